The van der Waals surface area contributed by atoms with E-state index in [-0.39, 0.29) is 6.10 Å². The third-order valence-electron chi connectivity index (χ3n) is 1.46. The average Bonchev–Trinajstić information content (AvgIpc) is 2.13. The molecular weight excluding hydrogens is 275 g/mol. The minimum atomic E-state index is 0.0796. The van der Waals surface area contributed by atoms with E-state index in [1.165, 1.54) is 0 Å². The van der Waals surface area contributed by atoms with Gasteiger partial charge in [-0.1, -0.05) is 45.2 Å². The minimum absolute atomic E-state index is 0.0796. The van der Waals surface area contributed by atoms with Crippen LogP contribution in [0.2, 0.25) is 10.0 Å². The summed E-state index contributed by atoms with van der Waals surface area (Å²) in [6, 6.07) is 5.34. The fourth-order valence-corrected chi connectivity index (χ4v) is 1.29. The molecule has 0 aromatic heterocycles. The molecule has 0 saturated carbocycles. The summed E-state index contributed by atoms with van der Waals surface area (Å²) in [7, 11) is 0. The Morgan fingerprint density at radius 3 is 2.77 bits per heavy atom. The van der Waals surface area contributed by atoms with Crippen molar-refractivity contribution >= 4 is 39.1 Å². The number of rotatable bonds is 3. The first-order valence-corrected chi connectivity index (χ1v) is 5.69. The molecule has 0 N–H and O–H groups in total. The second-order valence-electron chi connectivity index (χ2n) is 2.63. The fraction of sp³-hybridized carbons (Fsp3) is 0.333. The number of halogens is 3. The maximum atomic E-state index is 5.92. The summed E-state index contributed by atoms with van der Waals surface area (Å²) < 4.78 is 5.51. The largest absolute Gasteiger partial charge is 0.488 e. The van der Waals surface area contributed by atoms with Crippen LogP contribution in [0.1, 0.15) is 6.92 Å². The van der Waals surface area contributed by atoms with Gasteiger partial charge in [-0.15, -0.1) is 0 Å². The van der Waals surface area contributed by atoms with Crippen LogP contribution in [0, 0.1) is 0 Å². The van der Waals surface area contributed by atoms with E-state index in [9.17, 15) is 0 Å². The maximum absolute atomic E-state index is 5.92. The van der Waals surface area contributed by atoms with E-state index in [0.717, 1.165) is 5.33 Å². The molecule has 0 aliphatic carbocycles. The van der Waals surface area contributed by atoms with Gasteiger partial charge < -0.3 is 4.74 Å². The van der Waals surface area contributed by atoms with Crippen LogP contribution in [0.15, 0.2) is 18.2 Å². The van der Waals surface area contributed by atoms with Gasteiger partial charge >= 0.3 is 0 Å². The Labute approximate surface area is 96.1 Å². The molecule has 1 rings (SSSR count). The molecule has 4 heteroatoms. The van der Waals surface area contributed by atoms with Gasteiger partial charge in [-0.05, 0) is 19.1 Å². The lowest BCUT2D eigenvalue weighted by molar-refractivity contribution is 0.248. The van der Waals surface area contributed by atoms with Crippen molar-refractivity contribution in [1.29, 1.82) is 0 Å². The lowest BCUT2D eigenvalue weighted by Gasteiger charge is -2.13. The molecule has 0 amide bonds. The zero-order valence-electron chi connectivity index (χ0n) is 7.06. The van der Waals surface area contributed by atoms with Gasteiger partial charge in [0.05, 0.1) is 5.02 Å². The topological polar surface area (TPSA) is 9.23 Å². The second kappa shape index (κ2) is 5.08. The van der Waals surface area contributed by atoms with Gasteiger partial charge in [0.25, 0.3) is 0 Å². The molecular formula is C9H9BrCl2O. The van der Waals surface area contributed by atoms with E-state index in [1.807, 2.05) is 13.0 Å². The third-order valence-corrected chi connectivity index (χ3v) is 3.17. The van der Waals surface area contributed by atoms with Crippen LogP contribution in [0.3, 0.4) is 0 Å². The molecule has 1 atom stereocenters. The third kappa shape index (κ3) is 3.04. The van der Waals surface area contributed by atoms with Crippen molar-refractivity contribution in [3.8, 4) is 5.75 Å². The highest BCUT2D eigenvalue weighted by Gasteiger charge is 2.08. The van der Waals surface area contributed by atoms with E-state index < -0.39 is 0 Å². The van der Waals surface area contributed by atoms with Crippen LogP contribution in [0.25, 0.3) is 0 Å². The van der Waals surface area contributed by atoms with Gasteiger partial charge in [-0.3, -0.25) is 0 Å². The Morgan fingerprint density at radius 1 is 1.46 bits per heavy atom. The van der Waals surface area contributed by atoms with Crippen LogP contribution in [0.5, 0.6) is 5.75 Å². The minimum Gasteiger partial charge on any atom is -0.488 e. The van der Waals surface area contributed by atoms with Crippen molar-refractivity contribution in [1.82, 2.24) is 0 Å². The van der Waals surface area contributed by atoms with E-state index in [0.29, 0.717) is 15.8 Å². The Morgan fingerprint density at radius 2 is 2.15 bits per heavy atom. The first-order chi connectivity index (χ1) is 6.15. The van der Waals surface area contributed by atoms with E-state index in [1.54, 1.807) is 12.1 Å². The SMILES string of the molecule is CC(CBr)Oc1cccc(Cl)c1Cl. The summed E-state index contributed by atoms with van der Waals surface area (Å²) in [5, 5.41) is 1.74. The van der Waals surface area contributed by atoms with Gasteiger partial charge in [0.1, 0.15) is 16.9 Å². The first-order valence-electron chi connectivity index (χ1n) is 3.81. The summed E-state index contributed by atoms with van der Waals surface area (Å²) in [6.45, 7) is 1.95. The highest BCUT2D eigenvalue weighted by Crippen LogP contribution is 2.32. The number of ether oxygens (including phenoxy) is 1. The lowest BCUT2D eigenvalue weighted by Crippen LogP contribution is -2.12. The molecule has 0 aliphatic heterocycles. The van der Waals surface area contributed by atoms with Gasteiger partial charge in [0.15, 0.2) is 0 Å². The first kappa shape index (κ1) is 11.2. The normalized spacial score (nSPS) is 12.6. The van der Waals surface area contributed by atoms with E-state index in [4.69, 9.17) is 27.9 Å². The lowest BCUT2D eigenvalue weighted by atomic mass is 10.3. The van der Waals surface area contributed by atoms with Crippen LogP contribution < -0.4 is 4.74 Å². The van der Waals surface area contributed by atoms with Gasteiger partial charge in [0.2, 0.25) is 0 Å². The van der Waals surface area contributed by atoms with Crippen molar-refractivity contribution in [2.24, 2.45) is 0 Å². The van der Waals surface area contributed by atoms with Crippen molar-refractivity contribution in [3.05, 3.63) is 28.2 Å². The highest BCUT2D eigenvalue weighted by molar-refractivity contribution is 9.09. The number of hydrogen-bond acceptors (Lipinski definition) is 1. The van der Waals surface area contributed by atoms with E-state index >= 15 is 0 Å². The molecule has 0 aliphatic rings. The molecule has 0 spiro atoms. The molecule has 13 heavy (non-hydrogen) atoms. The van der Waals surface area contributed by atoms with Crippen LogP contribution >= 0.6 is 39.1 Å². The fourth-order valence-electron chi connectivity index (χ4n) is 0.823. The number of hydrogen-bond donors (Lipinski definition) is 0. The van der Waals surface area contributed by atoms with Crippen molar-refractivity contribution < 1.29 is 4.74 Å². The van der Waals surface area contributed by atoms with Gasteiger partial charge in [0, 0.05) is 5.33 Å². The summed E-state index contributed by atoms with van der Waals surface area (Å²) in [6.07, 6.45) is 0.0796. The molecule has 1 aromatic carbocycles. The zero-order chi connectivity index (χ0) is 9.84. The Kier molecular flexibility index (Phi) is 4.36. The van der Waals surface area contributed by atoms with Gasteiger partial charge in [-0.2, -0.15) is 0 Å². The molecule has 1 nitrogen and oxygen atoms in total. The Hall–Kier alpha value is 0.0800. The predicted molar refractivity (Wildman–Crippen MR) is 60.3 cm³/mol. The second-order valence-corrected chi connectivity index (χ2v) is 4.07. The average molecular weight is 284 g/mol. The quantitative estimate of drug-likeness (QED) is 0.757. The van der Waals surface area contributed by atoms with Crippen molar-refractivity contribution in [3.63, 3.8) is 0 Å². The molecule has 1 unspecified atom stereocenters. The molecule has 0 heterocycles. The molecule has 0 bridgehead atoms. The number of benzene rings is 1. The van der Waals surface area contributed by atoms with Crippen LogP contribution in [0.4, 0.5) is 0 Å². The highest BCUT2D eigenvalue weighted by atomic mass is 79.9. The van der Waals surface area contributed by atoms with Gasteiger partial charge in [-0.25, -0.2) is 0 Å². The van der Waals surface area contributed by atoms with E-state index in [2.05, 4.69) is 15.9 Å². The predicted octanol–water partition coefficient (Wildman–Crippen LogP) is 4.16. The molecule has 0 saturated heterocycles. The summed E-state index contributed by atoms with van der Waals surface area (Å²) in [5.74, 6) is 0.626. The summed E-state index contributed by atoms with van der Waals surface area (Å²) in [5.41, 5.74) is 0. The molecule has 0 fully saturated rings. The molecule has 1 aromatic rings. The zero-order valence-corrected chi connectivity index (χ0v) is 10.2. The van der Waals surface area contributed by atoms with Crippen LogP contribution in [-0.4, -0.2) is 11.4 Å². The standard InChI is InChI=1S/C9H9BrCl2O/c1-6(5-10)13-8-4-2-3-7(11)9(8)12/h2-4,6H,5H2,1H3. The van der Waals surface area contributed by atoms with Crippen molar-refractivity contribution in [2.75, 3.05) is 5.33 Å². The Balaban J connectivity index is 2.83. The summed E-state index contributed by atoms with van der Waals surface area (Å²) in [4.78, 5) is 0. The smallest absolute Gasteiger partial charge is 0.139 e. The number of alkyl halides is 1. The molecule has 72 valence electrons. The Bertz CT molecular complexity index is 291. The summed E-state index contributed by atoms with van der Waals surface area (Å²) >= 11 is 15.1. The molecule has 0 radical (unpaired) electrons. The van der Waals surface area contributed by atoms with Crippen LogP contribution in [-0.2, 0) is 0 Å². The maximum Gasteiger partial charge on any atom is 0.139 e. The van der Waals surface area contributed by atoms with Crippen molar-refractivity contribution in [2.45, 2.75) is 13.0 Å². The monoisotopic (exact) mass is 282 g/mol.